The van der Waals surface area contributed by atoms with Gasteiger partial charge in [0.1, 0.15) is 17.5 Å². The van der Waals surface area contributed by atoms with Crippen LogP contribution in [0.25, 0.3) is 16.3 Å². The molecule has 0 saturated carbocycles. The molecule has 0 aliphatic carbocycles. The van der Waals surface area contributed by atoms with E-state index in [2.05, 4.69) is 15.3 Å². The maximum Gasteiger partial charge on any atom is 0.261 e. The zero-order valence-corrected chi connectivity index (χ0v) is 15.9. The highest BCUT2D eigenvalue weighted by molar-refractivity contribution is 7.17. The molecule has 0 aliphatic rings. The Morgan fingerprint density at radius 1 is 1.11 bits per heavy atom. The van der Waals surface area contributed by atoms with Gasteiger partial charge in [0.15, 0.2) is 0 Å². The van der Waals surface area contributed by atoms with Gasteiger partial charge in [-0.3, -0.25) is 9.36 Å². The number of hydrogen-bond acceptors (Lipinski definition) is 4. The molecule has 1 N–H and O–H groups in total. The predicted octanol–water partition coefficient (Wildman–Crippen LogP) is 4.37. The quantitative estimate of drug-likeness (QED) is 0.549. The van der Waals surface area contributed by atoms with E-state index in [1.54, 1.807) is 30.6 Å². The molecule has 140 valence electrons. The first-order valence-corrected chi connectivity index (χ1v) is 9.51. The first-order valence-electron chi connectivity index (χ1n) is 8.69. The van der Waals surface area contributed by atoms with Crippen molar-refractivity contribution in [1.29, 1.82) is 0 Å². The highest BCUT2D eigenvalue weighted by atomic mass is 32.1. The Morgan fingerprint density at radius 3 is 2.68 bits per heavy atom. The molecule has 1 amide bonds. The van der Waals surface area contributed by atoms with Crippen LogP contribution in [0.4, 0.5) is 4.39 Å². The summed E-state index contributed by atoms with van der Waals surface area (Å²) in [4.78, 5) is 22.6. The number of nitrogens with one attached hydrogen (secondary N) is 1. The standard InChI is InChI=1S/C21H17FN4OS/c1-14-23-10-11-26(14)20-12-15(8-9-24-20)13-25-21(27)19-7-6-18(28-19)16-2-4-17(22)5-3-16/h2-12H,13H2,1H3,(H,25,27). The maximum absolute atomic E-state index is 13.1. The third kappa shape index (κ3) is 3.84. The maximum atomic E-state index is 13.1. The zero-order valence-electron chi connectivity index (χ0n) is 15.1. The number of imidazole rings is 1. The van der Waals surface area contributed by atoms with E-state index < -0.39 is 0 Å². The van der Waals surface area contributed by atoms with Crippen LogP contribution in [-0.4, -0.2) is 20.4 Å². The molecule has 4 aromatic rings. The van der Waals surface area contributed by atoms with Gasteiger partial charge in [0.2, 0.25) is 0 Å². The van der Waals surface area contributed by atoms with Crippen molar-refractivity contribution in [3.05, 3.63) is 89.2 Å². The molecule has 0 spiro atoms. The number of thiophene rings is 1. The number of benzene rings is 1. The lowest BCUT2D eigenvalue weighted by Crippen LogP contribution is -2.21. The highest BCUT2D eigenvalue weighted by Gasteiger charge is 2.11. The second-order valence-electron chi connectivity index (χ2n) is 6.22. The summed E-state index contributed by atoms with van der Waals surface area (Å²) >= 11 is 1.38. The second kappa shape index (κ2) is 7.74. The van der Waals surface area contributed by atoms with Crippen molar-refractivity contribution in [3.8, 4) is 16.3 Å². The number of carbonyl (C=O) groups excluding carboxylic acids is 1. The first kappa shape index (κ1) is 18.1. The van der Waals surface area contributed by atoms with Crippen molar-refractivity contribution < 1.29 is 9.18 Å². The molecule has 7 heteroatoms. The van der Waals surface area contributed by atoms with Crippen molar-refractivity contribution in [2.24, 2.45) is 0 Å². The second-order valence-corrected chi connectivity index (χ2v) is 7.30. The summed E-state index contributed by atoms with van der Waals surface area (Å²) in [6.07, 6.45) is 5.29. The summed E-state index contributed by atoms with van der Waals surface area (Å²) in [5.41, 5.74) is 1.83. The van der Waals surface area contributed by atoms with Crippen LogP contribution in [0.1, 0.15) is 21.1 Å². The summed E-state index contributed by atoms with van der Waals surface area (Å²) in [6, 6.07) is 13.7. The normalized spacial score (nSPS) is 10.8. The van der Waals surface area contributed by atoms with Crippen LogP contribution in [0.3, 0.4) is 0 Å². The molecule has 4 rings (SSSR count). The molecule has 1 aromatic carbocycles. The molecule has 0 atom stereocenters. The summed E-state index contributed by atoms with van der Waals surface area (Å²) in [5.74, 6) is 1.19. The van der Waals surface area contributed by atoms with Crippen molar-refractivity contribution in [3.63, 3.8) is 0 Å². The third-order valence-corrected chi connectivity index (χ3v) is 5.43. The van der Waals surface area contributed by atoms with Gasteiger partial charge in [-0.1, -0.05) is 12.1 Å². The first-order chi connectivity index (χ1) is 13.6. The molecule has 3 heterocycles. The van der Waals surface area contributed by atoms with E-state index in [-0.39, 0.29) is 11.7 Å². The van der Waals surface area contributed by atoms with Gasteiger partial charge >= 0.3 is 0 Å². The van der Waals surface area contributed by atoms with E-state index in [0.717, 1.165) is 27.6 Å². The molecule has 3 aromatic heterocycles. The summed E-state index contributed by atoms with van der Waals surface area (Å²) in [7, 11) is 0. The Labute approximate surface area is 165 Å². The topological polar surface area (TPSA) is 59.8 Å². The fourth-order valence-electron chi connectivity index (χ4n) is 2.82. The van der Waals surface area contributed by atoms with Crippen LogP contribution in [0.2, 0.25) is 0 Å². The molecule has 0 saturated heterocycles. The number of amides is 1. The number of hydrogen-bond donors (Lipinski definition) is 1. The van der Waals surface area contributed by atoms with Crippen molar-refractivity contribution >= 4 is 17.2 Å². The van der Waals surface area contributed by atoms with E-state index in [1.165, 1.54) is 23.5 Å². The lowest BCUT2D eigenvalue weighted by Gasteiger charge is -2.07. The number of pyridine rings is 1. The molecule has 5 nitrogen and oxygen atoms in total. The van der Waals surface area contributed by atoms with E-state index >= 15 is 0 Å². The Hall–Kier alpha value is -3.32. The molecule has 0 bridgehead atoms. The van der Waals surface area contributed by atoms with Gasteiger partial charge in [0.05, 0.1) is 4.88 Å². The Morgan fingerprint density at radius 2 is 1.93 bits per heavy atom. The van der Waals surface area contributed by atoms with Gasteiger partial charge in [0.25, 0.3) is 5.91 Å². The number of aromatic nitrogens is 3. The highest BCUT2D eigenvalue weighted by Crippen LogP contribution is 2.28. The van der Waals surface area contributed by atoms with Crippen LogP contribution in [0.15, 0.2) is 67.1 Å². The lowest BCUT2D eigenvalue weighted by atomic mass is 10.2. The van der Waals surface area contributed by atoms with Crippen molar-refractivity contribution in [2.45, 2.75) is 13.5 Å². The largest absolute Gasteiger partial charge is 0.347 e. The third-order valence-electron chi connectivity index (χ3n) is 4.29. The summed E-state index contributed by atoms with van der Waals surface area (Å²) < 4.78 is 15.0. The fraction of sp³-hybridized carbons (Fsp3) is 0.0952. The summed E-state index contributed by atoms with van der Waals surface area (Å²) in [5, 5.41) is 2.94. The van der Waals surface area contributed by atoms with E-state index in [0.29, 0.717) is 11.4 Å². The summed E-state index contributed by atoms with van der Waals surface area (Å²) in [6.45, 7) is 2.30. The van der Waals surface area contributed by atoms with Gasteiger partial charge in [-0.05, 0) is 54.4 Å². The lowest BCUT2D eigenvalue weighted by molar-refractivity contribution is 0.0955. The van der Waals surface area contributed by atoms with Crippen LogP contribution in [-0.2, 0) is 6.54 Å². The molecule has 0 unspecified atom stereocenters. The van der Waals surface area contributed by atoms with Crippen molar-refractivity contribution in [2.75, 3.05) is 0 Å². The minimum absolute atomic E-state index is 0.143. The van der Waals surface area contributed by atoms with Crippen molar-refractivity contribution in [1.82, 2.24) is 19.9 Å². The van der Waals surface area contributed by atoms with E-state index in [9.17, 15) is 9.18 Å². The van der Waals surface area contributed by atoms with E-state index in [4.69, 9.17) is 0 Å². The van der Waals surface area contributed by atoms with Gasteiger partial charge < -0.3 is 5.32 Å². The Kier molecular flexibility index (Phi) is 4.99. The van der Waals surface area contributed by atoms with Gasteiger partial charge in [-0.15, -0.1) is 11.3 Å². The number of carbonyl (C=O) groups is 1. The number of rotatable bonds is 5. The Balaban J connectivity index is 1.44. The predicted molar refractivity (Wildman–Crippen MR) is 107 cm³/mol. The average molecular weight is 392 g/mol. The van der Waals surface area contributed by atoms with Gasteiger partial charge in [-0.2, -0.15) is 0 Å². The smallest absolute Gasteiger partial charge is 0.261 e. The average Bonchev–Trinajstić information content (AvgIpc) is 3.36. The zero-order chi connectivity index (χ0) is 19.5. The monoisotopic (exact) mass is 392 g/mol. The van der Waals surface area contributed by atoms with E-state index in [1.807, 2.05) is 35.9 Å². The Bertz CT molecular complexity index is 1120. The molecule has 28 heavy (non-hydrogen) atoms. The van der Waals surface area contributed by atoms with Crippen LogP contribution in [0, 0.1) is 12.7 Å². The van der Waals surface area contributed by atoms with Gasteiger partial charge in [-0.25, -0.2) is 14.4 Å². The molecule has 0 fully saturated rings. The van der Waals surface area contributed by atoms with Crippen LogP contribution < -0.4 is 5.32 Å². The molecular weight excluding hydrogens is 375 g/mol. The molecular formula is C21H17FN4OS. The van der Waals surface area contributed by atoms with Crippen LogP contribution in [0.5, 0.6) is 0 Å². The minimum atomic E-state index is -0.277. The van der Waals surface area contributed by atoms with Crippen LogP contribution >= 0.6 is 11.3 Å². The SMILES string of the molecule is Cc1nccn1-c1cc(CNC(=O)c2ccc(-c3ccc(F)cc3)s2)ccn1. The molecule has 0 aliphatic heterocycles. The number of nitrogens with zero attached hydrogens (tertiary/aromatic N) is 3. The minimum Gasteiger partial charge on any atom is -0.347 e. The van der Waals surface area contributed by atoms with Gasteiger partial charge in [0, 0.05) is 30.0 Å². The fourth-order valence-corrected chi connectivity index (χ4v) is 3.75. The number of halogens is 1. The molecule has 0 radical (unpaired) electrons. The number of aryl methyl sites for hydroxylation is 1.